The quantitative estimate of drug-likeness (QED) is 0.802. The molecular weight excluding hydrogens is 316 g/mol. The molecule has 1 N–H and O–H groups in total. The Hall–Kier alpha value is -1.70. The maximum Gasteiger partial charge on any atom is 0.275 e. The molecule has 0 spiro atoms. The van der Waals surface area contributed by atoms with Gasteiger partial charge in [0.25, 0.3) is 5.91 Å². The zero-order chi connectivity index (χ0) is 14.1. The molecular formula is C12H9ClN4OS2. The minimum absolute atomic E-state index is 0.227. The van der Waals surface area contributed by atoms with Crippen LogP contribution in [-0.2, 0) is 7.05 Å². The molecule has 20 heavy (non-hydrogen) atoms. The van der Waals surface area contributed by atoms with E-state index in [2.05, 4.69) is 15.4 Å². The van der Waals surface area contributed by atoms with E-state index in [1.807, 2.05) is 17.5 Å². The van der Waals surface area contributed by atoms with Crippen LogP contribution in [0.5, 0.6) is 0 Å². The van der Waals surface area contributed by atoms with Crippen LogP contribution in [0.3, 0.4) is 0 Å². The maximum atomic E-state index is 12.0. The highest BCUT2D eigenvalue weighted by Crippen LogP contribution is 2.32. The van der Waals surface area contributed by atoms with Gasteiger partial charge in [-0.15, -0.1) is 22.7 Å². The Balaban J connectivity index is 1.78. The molecule has 3 heterocycles. The van der Waals surface area contributed by atoms with E-state index in [-0.39, 0.29) is 5.91 Å². The number of hydrogen-bond acceptors (Lipinski definition) is 5. The maximum absolute atomic E-state index is 12.0. The van der Waals surface area contributed by atoms with Gasteiger partial charge in [-0.2, -0.15) is 5.10 Å². The number of amides is 1. The number of nitrogens with one attached hydrogen (secondary N) is 1. The van der Waals surface area contributed by atoms with E-state index in [9.17, 15) is 4.79 Å². The van der Waals surface area contributed by atoms with Gasteiger partial charge in [-0.25, -0.2) is 4.98 Å². The third kappa shape index (κ3) is 2.60. The van der Waals surface area contributed by atoms with Crippen LogP contribution >= 0.6 is 34.3 Å². The van der Waals surface area contributed by atoms with Crippen molar-refractivity contribution in [3.05, 3.63) is 39.8 Å². The normalized spacial score (nSPS) is 10.7. The Morgan fingerprint density at radius 1 is 1.40 bits per heavy atom. The Morgan fingerprint density at radius 3 is 2.90 bits per heavy atom. The first-order chi connectivity index (χ1) is 9.63. The van der Waals surface area contributed by atoms with Gasteiger partial charge < -0.3 is 0 Å². The lowest BCUT2D eigenvalue weighted by atomic mass is 10.4. The van der Waals surface area contributed by atoms with Crippen molar-refractivity contribution in [1.29, 1.82) is 0 Å². The van der Waals surface area contributed by atoms with Crippen molar-refractivity contribution in [3.8, 4) is 10.6 Å². The van der Waals surface area contributed by atoms with Gasteiger partial charge >= 0.3 is 0 Å². The summed E-state index contributed by atoms with van der Waals surface area (Å²) in [5, 5.41) is 9.16. The lowest BCUT2D eigenvalue weighted by Crippen LogP contribution is -2.15. The second kappa shape index (κ2) is 5.35. The number of aryl methyl sites for hydroxylation is 1. The van der Waals surface area contributed by atoms with Crippen LogP contribution in [-0.4, -0.2) is 20.7 Å². The highest BCUT2D eigenvalue weighted by atomic mass is 35.5. The van der Waals surface area contributed by atoms with Crippen molar-refractivity contribution in [2.75, 3.05) is 5.32 Å². The van der Waals surface area contributed by atoms with E-state index < -0.39 is 0 Å². The van der Waals surface area contributed by atoms with E-state index in [0.717, 1.165) is 10.6 Å². The summed E-state index contributed by atoms with van der Waals surface area (Å²) in [6, 6.07) is 5.40. The number of halogens is 1. The lowest BCUT2D eigenvalue weighted by Gasteiger charge is -2.01. The molecule has 0 aromatic carbocycles. The van der Waals surface area contributed by atoms with Crippen LogP contribution in [0.4, 0.5) is 5.13 Å². The number of nitrogens with zero attached hydrogens (tertiary/aromatic N) is 3. The number of thiophene rings is 1. The molecule has 3 rings (SSSR count). The summed E-state index contributed by atoms with van der Waals surface area (Å²) in [7, 11) is 1.72. The van der Waals surface area contributed by atoms with E-state index in [4.69, 9.17) is 11.6 Å². The topological polar surface area (TPSA) is 59.8 Å². The Labute approximate surface area is 127 Å². The molecule has 5 nitrogen and oxygen atoms in total. The second-order valence-corrected chi connectivity index (χ2v) is 6.51. The molecule has 0 saturated heterocycles. The van der Waals surface area contributed by atoms with Gasteiger partial charge in [0, 0.05) is 18.6 Å². The number of carbonyl (C=O) groups excluding carboxylic acids is 1. The molecule has 0 bridgehead atoms. The van der Waals surface area contributed by atoms with E-state index in [1.54, 1.807) is 19.3 Å². The smallest absolute Gasteiger partial charge is 0.275 e. The molecule has 0 atom stereocenters. The molecule has 0 aliphatic carbocycles. The van der Waals surface area contributed by atoms with Crippen LogP contribution in [0, 0.1) is 0 Å². The Kier molecular flexibility index (Phi) is 3.56. The number of thiazole rings is 1. The summed E-state index contributed by atoms with van der Waals surface area (Å²) in [5.41, 5.74) is 1.30. The van der Waals surface area contributed by atoms with Gasteiger partial charge in [0.1, 0.15) is 5.69 Å². The second-order valence-electron chi connectivity index (χ2n) is 3.94. The van der Waals surface area contributed by atoms with Gasteiger partial charge in [-0.05, 0) is 18.2 Å². The van der Waals surface area contributed by atoms with E-state index in [0.29, 0.717) is 15.2 Å². The van der Waals surface area contributed by atoms with Crippen LogP contribution in [0.15, 0.2) is 29.8 Å². The Morgan fingerprint density at radius 2 is 2.25 bits per heavy atom. The molecule has 0 aliphatic rings. The van der Waals surface area contributed by atoms with Crippen LogP contribution < -0.4 is 5.32 Å². The van der Waals surface area contributed by atoms with Crippen molar-refractivity contribution in [1.82, 2.24) is 14.8 Å². The number of anilines is 1. The molecule has 1 amide bonds. The van der Waals surface area contributed by atoms with Crippen molar-refractivity contribution in [3.63, 3.8) is 0 Å². The molecule has 0 radical (unpaired) electrons. The largest absolute Gasteiger partial charge is 0.296 e. The standard InChI is InChI=1S/C12H9ClN4OS2/c1-17-8(4-5-14-17)11(18)16-12-15-7(6-19-12)9-2-3-10(13)20-9/h2-6H,1H3,(H,15,16,18). The van der Waals surface area contributed by atoms with E-state index in [1.165, 1.54) is 27.4 Å². The first-order valence-corrected chi connectivity index (χ1v) is 7.71. The zero-order valence-electron chi connectivity index (χ0n) is 10.3. The number of aromatic nitrogens is 3. The van der Waals surface area contributed by atoms with E-state index >= 15 is 0 Å². The van der Waals surface area contributed by atoms with Crippen molar-refractivity contribution >= 4 is 45.3 Å². The van der Waals surface area contributed by atoms with Crippen molar-refractivity contribution in [2.24, 2.45) is 7.05 Å². The Bertz CT molecular complexity index is 761. The fourth-order valence-corrected chi connectivity index (χ4v) is 3.44. The molecule has 8 heteroatoms. The summed E-state index contributed by atoms with van der Waals surface area (Å²) in [6.45, 7) is 0. The predicted octanol–water partition coefficient (Wildman–Crippen LogP) is 3.51. The van der Waals surface area contributed by atoms with Crippen molar-refractivity contribution in [2.45, 2.75) is 0 Å². The average Bonchev–Trinajstić information content (AvgIpc) is 3.10. The number of hydrogen-bond donors (Lipinski definition) is 1. The summed E-state index contributed by atoms with van der Waals surface area (Å²) >= 11 is 8.73. The molecule has 0 aliphatic heterocycles. The molecule has 0 unspecified atom stereocenters. The SMILES string of the molecule is Cn1nccc1C(=O)Nc1nc(-c2ccc(Cl)s2)cs1. The highest BCUT2D eigenvalue weighted by molar-refractivity contribution is 7.20. The third-order valence-corrected chi connectivity index (χ3v) is 4.62. The molecule has 102 valence electrons. The first-order valence-electron chi connectivity index (χ1n) is 5.64. The van der Waals surface area contributed by atoms with Gasteiger partial charge in [-0.3, -0.25) is 14.8 Å². The van der Waals surface area contributed by atoms with Crippen LogP contribution in [0.2, 0.25) is 4.34 Å². The average molecular weight is 325 g/mol. The fourth-order valence-electron chi connectivity index (χ4n) is 1.65. The fraction of sp³-hybridized carbons (Fsp3) is 0.0833. The predicted molar refractivity (Wildman–Crippen MR) is 81.6 cm³/mol. The van der Waals surface area contributed by atoms with Gasteiger partial charge in [0.05, 0.1) is 14.9 Å². The summed E-state index contributed by atoms with van der Waals surface area (Å²) in [5.74, 6) is -0.227. The number of carbonyl (C=O) groups is 1. The highest BCUT2D eigenvalue weighted by Gasteiger charge is 2.13. The van der Waals surface area contributed by atoms with Gasteiger partial charge in [0.15, 0.2) is 5.13 Å². The minimum atomic E-state index is -0.227. The summed E-state index contributed by atoms with van der Waals surface area (Å²) in [6.07, 6.45) is 1.58. The number of rotatable bonds is 3. The molecule has 0 saturated carbocycles. The van der Waals surface area contributed by atoms with Gasteiger partial charge in [-0.1, -0.05) is 11.6 Å². The zero-order valence-corrected chi connectivity index (χ0v) is 12.7. The monoisotopic (exact) mass is 324 g/mol. The molecule has 3 aromatic rings. The molecule has 0 fully saturated rings. The minimum Gasteiger partial charge on any atom is -0.296 e. The molecule has 3 aromatic heterocycles. The van der Waals surface area contributed by atoms with Crippen LogP contribution in [0.25, 0.3) is 10.6 Å². The lowest BCUT2D eigenvalue weighted by molar-refractivity contribution is 0.101. The van der Waals surface area contributed by atoms with Gasteiger partial charge in [0.2, 0.25) is 0 Å². The van der Waals surface area contributed by atoms with Crippen LogP contribution in [0.1, 0.15) is 10.5 Å². The van der Waals surface area contributed by atoms with Crippen molar-refractivity contribution < 1.29 is 4.79 Å². The summed E-state index contributed by atoms with van der Waals surface area (Å²) in [4.78, 5) is 17.4. The third-order valence-electron chi connectivity index (χ3n) is 2.60. The first kappa shape index (κ1) is 13.3. The summed E-state index contributed by atoms with van der Waals surface area (Å²) < 4.78 is 2.23.